The quantitative estimate of drug-likeness (QED) is 0.252. The van der Waals surface area contributed by atoms with Gasteiger partial charge in [-0.15, -0.1) is 0 Å². The van der Waals surface area contributed by atoms with E-state index < -0.39 is 17.3 Å². The average Bonchev–Trinajstić information content (AvgIpc) is 2.96. The van der Waals surface area contributed by atoms with Crippen molar-refractivity contribution in [2.24, 2.45) is 0 Å². The largest absolute Gasteiger partial charge is 0.481 e. The van der Waals surface area contributed by atoms with Crippen LogP contribution in [0, 0.1) is 5.82 Å². The fourth-order valence-corrected chi connectivity index (χ4v) is 5.17. The number of hydrogen-bond donors (Lipinski definition) is 1. The van der Waals surface area contributed by atoms with Gasteiger partial charge in [-0.25, -0.2) is 14.4 Å². The van der Waals surface area contributed by atoms with E-state index in [1.807, 2.05) is 43.3 Å². The van der Waals surface area contributed by atoms with Gasteiger partial charge in [0.1, 0.15) is 5.60 Å². The summed E-state index contributed by atoms with van der Waals surface area (Å²) in [5.41, 5.74) is -0.0297. The summed E-state index contributed by atoms with van der Waals surface area (Å²) in [7, 11) is 9.59. The van der Waals surface area contributed by atoms with Gasteiger partial charge in [-0.1, -0.05) is 15.9 Å². The monoisotopic (exact) mass is 614 g/mol. The van der Waals surface area contributed by atoms with Crippen LogP contribution >= 0.6 is 15.9 Å². The highest BCUT2D eigenvalue weighted by atomic mass is 79.9. The van der Waals surface area contributed by atoms with Crippen LogP contribution in [0.5, 0.6) is 23.5 Å². The number of fused-ring (bicyclic) bond motifs is 1. The van der Waals surface area contributed by atoms with E-state index >= 15 is 4.39 Å². The van der Waals surface area contributed by atoms with Crippen LogP contribution in [0.25, 0.3) is 10.9 Å². The van der Waals surface area contributed by atoms with E-state index in [-0.39, 0.29) is 35.5 Å². The van der Waals surface area contributed by atoms with Gasteiger partial charge in [0.25, 0.3) is 0 Å². The lowest BCUT2D eigenvalue weighted by molar-refractivity contribution is 0.00228. The molecule has 0 saturated heterocycles. The van der Waals surface area contributed by atoms with E-state index in [4.69, 9.17) is 23.9 Å². The first-order chi connectivity index (χ1) is 19.1. The number of pyridine rings is 3. The maximum absolute atomic E-state index is 16.1. The molecule has 3 heterocycles. The van der Waals surface area contributed by atoms with Crippen LogP contribution in [-0.4, -0.2) is 74.0 Å². The molecule has 0 amide bonds. The SMILES string of the molecule is COc1cc(C(O)(CCN(C)C)C(c2cc3cc(Br)ccc3nc2OC)c2ccnc(OC)c2F)cc(OC)n1. The molecule has 0 spiro atoms. The molecule has 2 unspecified atom stereocenters. The zero-order chi connectivity index (χ0) is 29.0. The summed E-state index contributed by atoms with van der Waals surface area (Å²) < 4.78 is 38.8. The number of hydrogen-bond acceptors (Lipinski definition) is 9. The van der Waals surface area contributed by atoms with Crippen molar-refractivity contribution in [3.8, 4) is 23.5 Å². The van der Waals surface area contributed by atoms with Crippen molar-refractivity contribution >= 4 is 26.8 Å². The zero-order valence-corrected chi connectivity index (χ0v) is 24.8. The van der Waals surface area contributed by atoms with E-state index in [9.17, 15) is 5.11 Å². The van der Waals surface area contributed by atoms with Crippen LogP contribution in [0.4, 0.5) is 4.39 Å². The number of halogens is 2. The molecule has 1 N–H and O–H groups in total. The Morgan fingerprint density at radius 1 is 0.900 bits per heavy atom. The van der Waals surface area contributed by atoms with Gasteiger partial charge in [-0.2, -0.15) is 4.98 Å². The van der Waals surface area contributed by atoms with Gasteiger partial charge < -0.3 is 29.0 Å². The Morgan fingerprint density at radius 3 is 2.17 bits per heavy atom. The molecule has 212 valence electrons. The first-order valence-electron chi connectivity index (χ1n) is 12.4. The summed E-state index contributed by atoms with van der Waals surface area (Å²) in [5, 5.41) is 13.7. The Labute approximate surface area is 241 Å². The minimum Gasteiger partial charge on any atom is -0.481 e. The molecule has 1 aromatic carbocycles. The number of ether oxygens (including phenoxy) is 4. The lowest BCUT2D eigenvalue weighted by Crippen LogP contribution is -2.38. The lowest BCUT2D eigenvalue weighted by Gasteiger charge is -2.39. The number of aromatic nitrogens is 3. The average molecular weight is 616 g/mol. The van der Waals surface area contributed by atoms with Crippen molar-refractivity contribution < 1.29 is 28.4 Å². The third-order valence-corrected chi connectivity index (χ3v) is 7.27. The van der Waals surface area contributed by atoms with Crippen molar-refractivity contribution in [3.63, 3.8) is 0 Å². The molecule has 3 aromatic heterocycles. The molecule has 0 bridgehead atoms. The number of aliphatic hydroxyl groups is 1. The third-order valence-electron chi connectivity index (χ3n) is 6.78. The van der Waals surface area contributed by atoms with E-state index in [0.717, 1.165) is 9.86 Å². The van der Waals surface area contributed by atoms with Crippen LogP contribution in [0.1, 0.15) is 29.0 Å². The molecule has 40 heavy (non-hydrogen) atoms. The molecule has 4 rings (SSSR count). The Kier molecular flexibility index (Phi) is 9.07. The predicted molar refractivity (Wildman–Crippen MR) is 153 cm³/mol. The first-order valence-corrected chi connectivity index (χ1v) is 13.2. The van der Waals surface area contributed by atoms with Gasteiger partial charge >= 0.3 is 0 Å². The van der Waals surface area contributed by atoms with Gasteiger partial charge in [0.2, 0.25) is 23.5 Å². The van der Waals surface area contributed by atoms with Crippen molar-refractivity contribution in [3.05, 3.63) is 75.6 Å². The lowest BCUT2D eigenvalue weighted by atomic mass is 9.71. The summed E-state index contributed by atoms with van der Waals surface area (Å²) in [4.78, 5) is 15.0. The van der Waals surface area contributed by atoms with Crippen molar-refractivity contribution in [1.29, 1.82) is 0 Å². The van der Waals surface area contributed by atoms with Gasteiger partial charge in [0, 0.05) is 45.9 Å². The van der Waals surface area contributed by atoms with E-state index in [1.54, 1.807) is 12.1 Å². The fraction of sp³-hybridized carbons (Fsp3) is 0.345. The highest BCUT2D eigenvalue weighted by molar-refractivity contribution is 9.10. The molecule has 9 nitrogen and oxygen atoms in total. The summed E-state index contributed by atoms with van der Waals surface area (Å²) in [6.45, 7) is 0.457. The second-order valence-corrected chi connectivity index (χ2v) is 10.4. The summed E-state index contributed by atoms with van der Waals surface area (Å²) in [6, 6.07) is 12.3. The topological polar surface area (TPSA) is 99.1 Å². The zero-order valence-electron chi connectivity index (χ0n) is 23.2. The molecule has 4 aromatic rings. The highest BCUT2D eigenvalue weighted by Crippen LogP contribution is 2.49. The van der Waals surface area contributed by atoms with Gasteiger partial charge in [0.05, 0.1) is 39.9 Å². The van der Waals surface area contributed by atoms with Gasteiger partial charge in [0.15, 0.2) is 5.82 Å². The van der Waals surface area contributed by atoms with Gasteiger partial charge in [-0.3, -0.25) is 0 Å². The predicted octanol–water partition coefficient (Wildman–Crippen LogP) is 4.93. The minimum atomic E-state index is -1.74. The molecule has 0 aliphatic carbocycles. The minimum absolute atomic E-state index is 0.150. The highest BCUT2D eigenvalue weighted by Gasteiger charge is 2.45. The standard InChI is InChI=1S/C29H32BrFN4O5/c1-35(2)12-10-29(36,18-15-23(37-3)34-24(16-18)38-4)25(20-9-11-32-28(40-6)26(20)31)21-14-17-13-19(30)7-8-22(17)33-27(21)39-5/h7-9,11,13-16,25,36H,10,12H2,1-6H3. The molecule has 0 aliphatic heterocycles. The Bertz CT molecular complexity index is 1480. The second kappa shape index (κ2) is 12.3. The summed E-state index contributed by atoms with van der Waals surface area (Å²) in [6.07, 6.45) is 1.63. The van der Waals surface area contributed by atoms with E-state index in [1.165, 1.54) is 40.7 Å². The van der Waals surface area contributed by atoms with E-state index in [0.29, 0.717) is 23.2 Å². The number of rotatable bonds is 11. The Morgan fingerprint density at radius 2 is 1.57 bits per heavy atom. The molecule has 0 saturated carbocycles. The van der Waals surface area contributed by atoms with Gasteiger partial charge in [-0.05, 0) is 56.4 Å². The number of benzene rings is 1. The van der Waals surface area contributed by atoms with Crippen molar-refractivity contribution in [1.82, 2.24) is 19.9 Å². The van der Waals surface area contributed by atoms with Crippen molar-refractivity contribution in [2.45, 2.75) is 17.9 Å². The Balaban J connectivity index is 2.12. The first kappa shape index (κ1) is 29.4. The fourth-order valence-electron chi connectivity index (χ4n) is 4.79. The summed E-state index contributed by atoms with van der Waals surface area (Å²) >= 11 is 3.52. The molecular weight excluding hydrogens is 583 g/mol. The molecule has 0 radical (unpaired) electrons. The number of methoxy groups -OCH3 is 4. The molecular formula is C29H32BrFN4O5. The van der Waals surface area contributed by atoms with Crippen LogP contribution in [0.3, 0.4) is 0 Å². The number of nitrogens with zero attached hydrogens (tertiary/aromatic N) is 4. The van der Waals surface area contributed by atoms with Crippen LogP contribution in [-0.2, 0) is 5.60 Å². The summed E-state index contributed by atoms with van der Waals surface area (Å²) in [5.74, 6) is -1.23. The van der Waals surface area contributed by atoms with Crippen LogP contribution in [0.2, 0.25) is 0 Å². The van der Waals surface area contributed by atoms with Crippen molar-refractivity contribution in [2.75, 3.05) is 49.1 Å². The Hall–Kier alpha value is -3.54. The smallest absolute Gasteiger partial charge is 0.250 e. The molecule has 0 fully saturated rings. The normalized spacial score (nSPS) is 13.7. The van der Waals surface area contributed by atoms with E-state index in [2.05, 4.69) is 25.9 Å². The maximum atomic E-state index is 16.1. The molecule has 2 atom stereocenters. The van der Waals surface area contributed by atoms with Crippen LogP contribution < -0.4 is 18.9 Å². The molecule has 0 aliphatic rings. The third kappa shape index (κ3) is 5.81. The molecule has 11 heteroatoms. The maximum Gasteiger partial charge on any atom is 0.250 e. The second-order valence-electron chi connectivity index (χ2n) is 9.50. The van der Waals surface area contributed by atoms with Crippen LogP contribution in [0.15, 0.2) is 53.1 Å².